The maximum atomic E-state index is 13.0. The van der Waals surface area contributed by atoms with E-state index in [-0.39, 0.29) is 31.4 Å². The van der Waals surface area contributed by atoms with Gasteiger partial charge >= 0.3 is 5.97 Å². The van der Waals surface area contributed by atoms with Crippen molar-refractivity contribution in [2.45, 2.75) is 19.6 Å². The van der Waals surface area contributed by atoms with E-state index < -0.39 is 12.0 Å². The lowest BCUT2D eigenvalue weighted by Gasteiger charge is -2.38. The molecular weight excluding hydrogens is 398 g/mol. The number of carbonyl (C=O) groups excluding carboxylic acids is 2. The summed E-state index contributed by atoms with van der Waals surface area (Å²) in [5.74, 6) is -1.04. The van der Waals surface area contributed by atoms with Crippen molar-refractivity contribution in [2.24, 2.45) is 0 Å². The van der Waals surface area contributed by atoms with Crippen LogP contribution in [-0.2, 0) is 16.2 Å². The molecule has 31 heavy (non-hydrogen) atoms. The topological polar surface area (TPSA) is 103 Å². The molecule has 0 bridgehead atoms. The van der Waals surface area contributed by atoms with E-state index in [0.717, 1.165) is 16.5 Å². The summed E-state index contributed by atoms with van der Waals surface area (Å²) >= 11 is 0. The summed E-state index contributed by atoms with van der Waals surface area (Å²) in [6, 6.07) is 16.1. The predicted octanol–water partition coefficient (Wildman–Crippen LogP) is 2.50. The van der Waals surface area contributed by atoms with E-state index >= 15 is 0 Å². The Labute approximate surface area is 179 Å². The molecule has 4 rings (SSSR count). The van der Waals surface area contributed by atoms with Crippen LogP contribution in [0.4, 0.5) is 0 Å². The van der Waals surface area contributed by atoms with Crippen LogP contribution in [0.5, 0.6) is 5.75 Å². The lowest BCUT2D eigenvalue weighted by molar-refractivity contribution is -0.152. The summed E-state index contributed by atoms with van der Waals surface area (Å²) in [5.41, 5.74) is 2.22. The second kappa shape index (κ2) is 8.51. The maximum Gasteiger partial charge on any atom is 0.328 e. The van der Waals surface area contributed by atoms with Crippen molar-refractivity contribution >= 4 is 28.7 Å². The van der Waals surface area contributed by atoms with Gasteiger partial charge in [0.25, 0.3) is 5.91 Å². The predicted molar refractivity (Wildman–Crippen MR) is 114 cm³/mol. The van der Waals surface area contributed by atoms with E-state index in [1.54, 1.807) is 6.07 Å². The zero-order valence-corrected chi connectivity index (χ0v) is 17.1. The highest BCUT2D eigenvalue weighted by Gasteiger charge is 2.36. The van der Waals surface area contributed by atoms with Gasteiger partial charge in [0.05, 0.1) is 6.54 Å². The van der Waals surface area contributed by atoms with Gasteiger partial charge < -0.3 is 24.6 Å². The van der Waals surface area contributed by atoms with Gasteiger partial charge in [0.1, 0.15) is 24.1 Å². The lowest BCUT2D eigenvalue weighted by atomic mass is 10.1. The van der Waals surface area contributed by atoms with Gasteiger partial charge in [0.15, 0.2) is 0 Å². The van der Waals surface area contributed by atoms with Crippen LogP contribution in [0.2, 0.25) is 0 Å². The van der Waals surface area contributed by atoms with Crippen molar-refractivity contribution in [2.75, 3.05) is 19.6 Å². The van der Waals surface area contributed by atoms with E-state index in [1.807, 2.05) is 48.5 Å². The van der Waals surface area contributed by atoms with Crippen molar-refractivity contribution in [3.8, 4) is 5.75 Å². The van der Waals surface area contributed by atoms with E-state index in [9.17, 15) is 19.5 Å². The van der Waals surface area contributed by atoms with Gasteiger partial charge in [0.2, 0.25) is 5.91 Å². The van der Waals surface area contributed by atoms with Crippen LogP contribution in [0.25, 0.3) is 10.9 Å². The summed E-state index contributed by atoms with van der Waals surface area (Å²) in [6.07, 6.45) is 0. The molecule has 0 spiro atoms. The largest absolute Gasteiger partial charge is 0.489 e. The van der Waals surface area contributed by atoms with E-state index in [2.05, 4.69) is 4.98 Å². The molecule has 3 aromatic rings. The Bertz CT molecular complexity index is 1120. The minimum absolute atomic E-state index is 0.0471. The standard InChI is InChI=1S/C23H23N3O5/c1-15(27)26-10-9-25(13-21(26)23(29)30)22(28)20-12-17-11-18(7-8-19(17)24-20)31-14-16-5-3-2-4-6-16/h2-8,11-12,21,24H,9-10,13-14H2,1H3,(H,29,30)/t21-/m1/s1. The van der Waals surface area contributed by atoms with Crippen molar-refractivity contribution in [1.29, 1.82) is 0 Å². The molecule has 1 saturated heterocycles. The summed E-state index contributed by atoms with van der Waals surface area (Å²) in [7, 11) is 0. The highest BCUT2D eigenvalue weighted by molar-refractivity contribution is 5.98. The Morgan fingerprint density at radius 1 is 1.10 bits per heavy atom. The van der Waals surface area contributed by atoms with Gasteiger partial charge in [-0.15, -0.1) is 0 Å². The fourth-order valence-electron chi connectivity index (χ4n) is 3.78. The molecule has 0 aliphatic carbocycles. The number of H-pyrrole nitrogens is 1. The smallest absolute Gasteiger partial charge is 0.328 e. The normalized spacial score (nSPS) is 16.4. The number of piperazine rings is 1. The van der Waals surface area contributed by atoms with Gasteiger partial charge in [-0.2, -0.15) is 0 Å². The van der Waals surface area contributed by atoms with Crippen molar-refractivity contribution in [1.82, 2.24) is 14.8 Å². The molecule has 0 saturated carbocycles. The number of carbonyl (C=O) groups is 3. The molecule has 160 valence electrons. The van der Waals surface area contributed by atoms with Crippen LogP contribution in [0.3, 0.4) is 0 Å². The Balaban J connectivity index is 1.48. The highest BCUT2D eigenvalue weighted by Crippen LogP contribution is 2.24. The Morgan fingerprint density at radius 2 is 1.87 bits per heavy atom. The molecule has 0 unspecified atom stereocenters. The van der Waals surface area contributed by atoms with Gasteiger partial charge in [0, 0.05) is 30.9 Å². The van der Waals surface area contributed by atoms with Gasteiger partial charge in [-0.3, -0.25) is 9.59 Å². The Kier molecular flexibility index (Phi) is 5.62. The zero-order valence-electron chi connectivity index (χ0n) is 17.1. The summed E-state index contributed by atoms with van der Waals surface area (Å²) in [5, 5.41) is 10.3. The molecule has 0 radical (unpaired) electrons. The number of benzene rings is 2. The minimum Gasteiger partial charge on any atom is -0.489 e. The number of ether oxygens (including phenoxy) is 1. The van der Waals surface area contributed by atoms with Gasteiger partial charge in [-0.25, -0.2) is 4.79 Å². The van der Waals surface area contributed by atoms with Crippen LogP contribution in [0, 0.1) is 0 Å². The van der Waals surface area contributed by atoms with Crippen LogP contribution in [-0.4, -0.2) is 63.4 Å². The monoisotopic (exact) mass is 421 g/mol. The first-order chi connectivity index (χ1) is 14.9. The Morgan fingerprint density at radius 3 is 2.58 bits per heavy atom. The fourth-order valence-corrected chi connectivity index (χ4v) is 3.78. The van der Waals surface area contributed by atoms with Crippen LogP contribution in [0.15, 0.2) is 54.6 Å². The second-order valence-electron chi connectivity index (χ2n) is 7.52. The molecule has 8 nitrogen and oxygen atoms in total. The number of amides is 2. The van der Waals surface area contributed by atoms with E-state index in [4.69, 9.17) is 4.74 Å². The molecule has 1 aromatic heterocycles. The highest BCUT2D eigenvalue weighted by atomic mass is 16.5. The molecule has 1 aliphatic rings. The molecule has 8 heteroatoms. The first-order valence-corrected chi connectivity index (χ1v) is 10.0. The number of rotatable bonds is 5. The number of aromatic nitrogens is 1. The minimum atomic E-state index is -1.12. The van der Waals surface area contributed by atoms with E-state index in [1.165, 1.54) is 16.7 Å². The molecule has 2 aromatic carbocycles. The maximum absolute atomic E-state index is 13.0. The van der Waals surface area contributed by atoms with Crippen molar-refractivity contribution in [3.05, 3.63) is 65.9 Å². The van der Waals surface area contributed by atoms with Crippen LogP contribution < -0.4 is 4.74 Å². The molecule has 1 aliphatic heterocycles. The summed E-state index contributed by atoms with van der Waals surface area (Å²) in [4.78, 5) is 42.1. The lowest BCUT2D eigenvalue weighted by Crippen LogP contribution is -2.59. The summed E-state index contributed by atoms with van der Waals surface area (Å²) in [6.45, 7) is 2.20. The van der Waals surface area contributed by atoms with E-state index in [0.29, 0.717) is 18.1 Å². The molecule has 2 heterocycles. The number of hydrogen-bond donors (Lipinski definition) is 2. The third-order valence-corrected chi connectivity index (χ3v) is 5.43. The molecule has 2 amide bonds. The SMILES string of the molecule is CC(=O)N1CCN(C(=O)c2cc3cc(OCc4ccccc4)ccc3[nH]2)C[C@@H]1C(=O)O. The number of aliphatic carboxylic acids is 1. The Hall–Kier alpha value is -3.81. The molecule has 2 N–H and O–H groups in total. The first-order valence-electron chi connectivity index (χ1n) is 10.0. The molecule has 1 fully saturated rings. The van der Waals surface area contributed by atoms with Crippen molar-refractivity contribution < 1.29 is 24.2 Å². The molecule has 1 atom stereocenters. The van der Waals surface area contributed by atoms with Crippen LogP contribution in [0.1, 0.15) is 23.0 Å². The van der Waals surface area contributed by atoms with Crippen molar-refractivity contribution in [3.63, 3.8) is 0 Å². The van der Waals surface area contributed by atoms with Gasteiger partial charge in [-0.05, 0) is 29.8 Å². The number of hydrogen-bond acceptors (Lipinski definition) is 4. The second-order valence-corrected chi connectivity index (χ2v) is 7.52. The quantitative estimate of drug-likeness (QED) is 0.659. The first kappa shape index (κ1) is 20.5. The average molecular weight is 421 g/mol. The third kappa shape index (κ3) is 4.37. The number of carboxylic acid groups (broad SMARTS) is 1. The third-order valence-electron chi connectivity index (χ3n) is 5.43. The average Bonchev–Trinajstić information content (AvgIpc) is 3.20. The summed E-state index contributed by atoms with van der Waals surface area (Å²) < 4.78 is 5.85. The zero-order chi connectivity index (χ0) is 22.0. The number of fused-ring (bicyclic) bond motifs is 1. The number of nitrogens with one attached hydrogen (secondary N) is 1. The number of carboxylic acids is 1. The van der Waals surface area contributed by atoms with Gasteiger partial charge in [-0.1, -0.05) is 30.3 Å². The number of aromatic amines is 1. The number of nitrogens with zero attached hydrogens (tertiary/aromatic N) is 2. The van der Waals surface area contributed by atoms with Crippen LogP contribution >= 0.6 is 0 Å². The molecular formula is C23H23N3O5. The fraction of sp³-hybridized carbons (Fsp3) is 0.261.